The van der Waals surface area contributed by atoms with E-state index in [-0.39, 0.29) is 6.23 Å². The van der Waals surface area contributed by atoms with Crippen LogP contribution in [0.15, 0.2) is 48.5 Å². The van der Waals surface area contributed by atoms with Crippen LogP contribution in [0.1, 0.15) is 19.4 Å². The average Bonchev–Trinajstić information content (AvgIpc) is 2.44. The van der Waals surface area contributed by atoms with Crippen LogP contribution in [0.5, 0.6) is 5.75 Å². The lowest BCUT2D eigenvalue weighted by molar-refractivity contribution is 0.216. The van der Waals surface area contributed by atoms with Crippen molar-refractivity contribution in [1.82, 2.24) is 0 Å². The highest BCUT2D eigenvalue weighted by Crippen LogP contribution is 2.26. The highest BCUT2D eigenvalue weighted by molar-refractivity contribution is 6.30. The van der Waals surface area contributed by atoms with E-state index >= 15 is 0 Å². The van der Waals surface area contributed by atoms with E-state index in [1.54, 1.807) is 0 Å². The second kappa shape index (κ2) is 6.67. The van der Waals surface area contributed by atoms with Crippen LogP contribution >= 0.6 is 11.6 Å². The van der Waals surface area contributed by atoms with Crippen molar-refractivity contribution in [1.29, 1.82) is 0 Å². The topological polar surface area (TPSA) is 12.5 Å². The first-order chi connectivity index (χ1) is 9.61. The summed E-state index contributed by atoms with van der Waals surface area (Å²) >= 11 is 6.12. The lowest BCUT2D eigenvalue weighted by Crippen LogP contribution is -2.37. The number of rotatable bonds is 5. The third-order valence-corrected chi connectivity index (χ3v) is 3.55. The van der Waals surface area contributed by atoms with Crippen molar-refractivity contribution in [3.05, 3.63) is 59.1 Å². The van der Waals surface area contributed by atoms with Crippen LogP contribution in [0.4, 0.5) is 5.69 Å². The monoisotopic (exact) mass is 289 g/mol. The molecule has 2 aromatic rings. The maximum absolute atomic E-state index is 6.12. The largest absolute Gasteiger partial charge is 0.471 e. The predicted molar refractivity (Wildman–Crippen MR) is 85.7 cm³/mol. The second-order valence-corrected chi connectivity index (χ2v) is 5.18. The molecule has 0 aliphatic rings. The molecule has 20 heavy (non-hydrogen) atoms. The SMILES string of the molecule is CCN(c1cc(Cl)ccc1C)C(C)Oc1ccccc1. The molecular formula is C17H20ClNO. The summed E-state index contributed by atoms with van der Waals surface area (Å²) in [5, 5.41) is 0.746. The molecule has 0 aliphatic carbocycles. The zero-order chi connectivity index (χ0) is 14.5. The first kappa shape index (κ1) is 14.7. The Kier molecular flexibility index (Phi) is 4.91. The molecule has 0 fully saturated rings. The average molecular weight is 290 g/mol. The molecule has 0 aromatic heterocycles. The van der Waals surface area contributed by atoms with Crippen molar-refractivity contribution in [2.75, 3.05) is 11.4 Å². The van der Waals surface area contributed by atoms with Gasteiger partial charge >= 0.3 is 0 Å². The summed E-state index contributed by atoms with van der Waals surface area (Å²) in [6.07, 6.45) is -0.0560. The summed E-state index contributed by atoms with van der Waals surface area (Å²) in [4.78, 5) is 2.20. The highest BCUT2D eigenvalue weighted by Gasteiger charge is 2.16. The zero-order valence-electron chi connectivity index (χ0n) is 12.1. The lowest BCUT2D eigenvalue weighted by atomic mass is 10.1. The molecule has 0 radical (unpaired) electrons. The number of ether oxygens (including phenoxy) is 1. The number of aryl methyl sites for hydroxylation is 1. The minimum atomic E-state index is -0.0560. The highest BCUT2D eigenvalue weighted by atomic mass is 35.5. The van der Waals surface area contributed by atoms with Crippen LogP contribution in [0.2, 0.25) is 5.02 Å². The maximum atomic E-state index is 6.12. The molecule has 0 bridgehead atoms. The molecule has 0 saturated heterocycles. The third kappa shape index (κ3) is 3.45. The van der Waals surface area contributed by atoms with Gasteiger partial charge in [-0.05, 0) is 50.6 Å². The van der Waals surface area contributed by atoms with E-state index < -0.39 is 0 Å². The van der Waals surface area contributed by atoms with Crippen LogP contribution in [-0.2, 0) is 0 Å². The summed E-state index contributed by atoms with van der Waals surface area (Å²) in [5.41, 5.74) is 2.31. The summed E-state index contributed by atoms with van der Waals surface area (Å²) in [7, 11) is 0. The quantitative estimate of drug-likeness (QED) is 0.726. The number of hydrogen-bond donors (Lipinski definition) is 0. The first-order valence-corrected chi connectivity index (χ1v) is 7.24. The van der Waals surface area contributed by atoms with Gasteiger partial charge in [0.1, 0.15) is 5.75 Å². The minimum Gasteiger partial charge on any atom is -0.471 e. The molecule has 1 unspecified atom stereocenters. The van der Waals surface area contributed by atoms with Crippen molar-refractivity contribution in [3.8, 4) is 5.75 Å². The van der Waals surface area contributed by atoms with Crippen molar-refractivity contribution >= 4 is 17.3 Å². The van der Waals surface area contributed by atoms with E-state index in [1.165, 1.54) is 5.56 Å². The molecule has 2 rings (SSSR count). The Morgan fingerprint density at radius 3 is 2.50 bits per heavy atom. The molecule has 2 nitrogen and oxygen atoms in total. The van der Waals surface area contributed by atoms with E-state index in [4.69, 9.17) is 16.3 Å². The fourth-order valence-corrected chi connectivity index (χ4v) is 2.44. The Hall–Kier alpha value is -1.67. The van der Waals surface area contributed by atoms with E-state index in [0.717, 1.165) is 23.0 Å². The number of benzene rings is 2. The van der Waals surface area contributed by atoms with Gasteiger partial charge in [0.15, 0.2) is 6.23 Å². The number of nitrogens with zero attached hydrogens (tertiary/aromatic N) is 1. The van der Waals surface area contributed by atoms with Gasteiger partial charge in [0.2, 0.25) is 0 Å². The summed E-state index contributed by atoms with van der Waals surface area (Å²) in [6, 6.07) is 15.8. The van der Waals surface area contributed by atoms with Crippen LogP contribution in [0.3, 0.4) is 0 Å². The van der Waals surface area contributed by atoms with Crippen LogP contribution in [0.25, 0.3) is 0 Å². The Morgan fingerprint density at radius 1 is 1.15 bits per heavy atom. The summed E-state index contributed by atoms with van der Waals surface area (Å²) in [5.74, 6) is 0.873. The van der Waals surface area contributed by atoms with E-state index in [9.17, 15) is 0 Å². The van der Waals surface area contributed by atoms with Crippen LogP contribution in [-0.4, -0.2) is 12.8 Å². The maximum Gasteiger partial charge on any atom is 0.169 e. The van der Waals surface area contributed by atoms with E-state index in [2.05, 4.69) is 25.7 Å². The molecule has 106 valence electrons. The van der Waals surface area contributed by atoms with Crippen LogP contribution in [0, 0.1) is 6.92 Å². The molecule has 0 amide bonds. The number of para-hydroxylation sites is 1. The Bertz CT molecular complexity index is 556. The number of anilines is 1. The molecule has 0 aliphatic heterocycles. The van der Waals surface area contributed by atoms with E-state index in [0.29, 0.717) is 0 Å². The van der Waals surface area contributed by atoms with Gasteiger partial charge in [-0.2, -0.15) is 0 Å². The molecule has 1 atom stereocenters. The fraction of sp³-hybridized carbons (Fsp3) is 0.294. The van der Waals surface area contributed by atoms with Gasteiger partial charge in [0.25, 0.3) is 0 Å². The van der Waals surface area contributed by atoms with Crippen molar-refractivity contribution in [2.24, 2.45) is 0 Å². The smallest absolute Gasteiger partial charge is 0.169 e. The van der Waals surface area contributed by atoms with E-state index in [1.807, 2.05) is 48.5 Å². The van der Waals surface area contributed by atoms with Crippen molar-refractivity contribution < 1.29 is 4.74 Å². The number of halogens is 1. The summed E-state index contributed by atoms with van der Waals surface area (Å²) < 4.78 is 6.00. The van der Waals surface area contributed by atoms with Crippen LogP contribution < -0.4 is 9.64 Å². The van der Waals surface area contributed by atoms with Gasteiger partial charge in [-0.3, -0.25) is 0 Å². The Labute approximate surface area is 125 Å². The van der Waals surface area contributed by atoms with Gasteiger partial charge in [0.05, 0.1) is 0 Å². The zero-order valence-corrected chi connectivity index (χ0v) is 12.9. The molecule has 0 spiro atoms. The normalized spacial score (nSPS) is 12.0. The molecule has 2 aromatic carbocycles. The van der Waals surface area contributed by atoms with Crippen molar-refractivity contribution in [2.45, 2.75) is 27.0 Å². The van der Waals surface area contributed by atoms with Gasteiger partial charge < -0.3 is 9.64 Å². The second-order valence-electron chi connectivity index (χ2n) is 4.75. The Morgan fingerprint density at radius 2 is 1.85 bits per heavy atom. The molecule has 3 heteroatoms. The molecule has 0 heterocycles. The minimum absolute atomic E-state index is 0.0560. The summed E-state index contributed by atoms with van der Waals surface area (Å²) in [6.45, 7) is 7.11. The molecule has 0 N–H and O–H groups in total. The first-order valence-electron chi connectivity index (χ1n) is 6.86. The van der Waals surface area contributed by atoms with Gasteiger partial charge in [-0.25, -0.2) is 0 Å². The number of hydrogen-bond acceptors (Lipinski definition) is 2. The van der Waals surface area contributed by atoms with Gasteiger partial charge in [0, 0.05) is 17.3 Å². The van der Waals surface area contributed by atoms with Gasteiger partial charge in [-0.1, -0.05) is 35.9 Å². The Balaban J connectivity index is 2.21. The lowest BCUT2D eigenvalue weighted by Gasteiger charge is -2.31. The molecule has 0 saturated carbocycles. The molecular weight excluding hydrogens is 270 g/mol. The predicted octanol–water partition coefficient (Wildman–Crippen LogP) is 4.90. The fourth-order valence-electron chi connectivity index (χ4n) is 2.27. The van der Waals surface area contributed by atoms with Crippen molar-refractivity contribution in [3.63, 3.8) is 0 Å². The standard InChI is InChI=1S/C17H20ClNO/c1-4-19(17-12-15(18)11-10-13(17)2)14(3)20-16-8-6-5-7-9-16/h5-12,14H,4H2,1-3H3. The van der Waals surface area contributed by atoms with Gasteiger partial charge in [-0.15, -0.1) is 0 Å². The third-order valence-electron chi connectivity index (χ3n) is 3.31.